The van der Waals surface area contributed by atoms with E-state index < -0.39 is 31.3 Å². The van der Waals surface area contributed by atoms with Crippen molar-refractivity contribution in [2.45, 2.75) is 37.5 Å². The van der Waals surface area contributed by atoms with Crippen molar-refractivity contribution in [3.8, 4) is 0 Å². The fourth-order valence-corrected chi connectivity index (χ4v) is 2.25. The SMILES string of the molecule is O=C(COCC(F)(F)C(F)F)c1ccccc1C1CCC1. The van der Waals surface area contributed by atoms with Crippen molar-refractivity contribution in [1.82, 2.24) is 0 Å². The molecule has 1 aliphatic rings. The number of rotatable bonds is 7. The van der Waals surface area contributed by atoms with E-state index in [2.05, 4.69) is 4.74 Å². The maximum atomic E-state index is 12.7. The van der Waals surface area contributed by atoms with Crippen LogP contribution in [0.4, 0.5) is 17.6 Å². The van der Waals surface area contributed by atoms with Gasteiger partial charge >= 0.3 is 12.3 Å². The predicted octanol–water partition coefficient (Wildman–Crippen LogP) is 4.05. The zero-order valence-electron chi connectivity index (χ0n) is 11.3. The lowest BCUT2D eigenvalue weighted by molar-refractivity contribution is -0.163. The van der Waals surface area contributed by atoms with Crippen LogP contribution < -0.4 is 0 Å². The molecule has 0 amide bonds. The zero-order chi connectivity index (χ0) is 15.5. The topological polar surface area (TPSA) is 26.3 Å². The molecular formula is C15H16F4O2. The van der Waals surface area contributed by atoms with E-state index in [9.17, 15) is 22.4 Å². The number of alkyl halides is 4. The molecule has 116 valence electrons. The van der Waals surface area contributed by atoms with Crippen LogP contribution in [-0.2, 0) is 4.74 Å². The molecule has 1 aromatic rings. The number of hydrogen-bond donors (Lipinski definition) is 0. The second-order valence-electron chi connectivity index (χ2n) is 5.19. The maximum Gasteiger partial charge on any atom is 0.330 e. The first-order chi connectivity index (χ1) is 9.92. The molecule has 0 heterocycles. The minimum Gasteiger partial charge on any atom is -0.367 e. The summed E-state index contributed by atoms with van der Waals surface area (Å²) in [5, 5.41) is 0. The van der Waals surface area contributed by atoms with Crippen molar-refractivity contribution in [1.29, 1.82) is 0 Å². The number of Topliss-reactive ketones (excluding diaryl/α,β-unsaturated/α-hetero) is 1. The average molecular weight is 304 g/mol. The largest absolute Gasteiger partial charge is 0.367 e. The average Bonchev–Trinajstić information content (AvgIpc) is 2.36. The molecule has 1 fully saturated rings. The highest BCUT2D eigenvalue weighted by Crippen LogP contribution is 2.38. The Labute approximate surface area is 120 Å². The Morgan fingerprint density at radius 2 is 1.95 bits per heavy atom. The van der Waals surface area contributed by atoms with Gasteiger partial charge in [0.2, 0.25) is 0 Å². The summed E-state index contributed by atoms with van der Waals surface area (Å²) < 4.78 is 53.8. The van der Waals surface area contributed by atoms with Crippen molar-refractivity contribution >= 4 is 5.78 Å². The van der Waals surface area contributed by atoms with Crippen LogP contribution >= 0.6 is 0 Å². The highest BCUT2D eigenvalue weighted by Gasteiger charge is 2.41. The lowest BCUT2D eigenvalue weighted by Crippen LogP contribution is -2.33. The molecule has 2 rings (SSSR count). The molecule has 0 aliphatic heterocycles. The summed E-state index contributed by atoms with van der Waals surface area (Å²) in [5.74, 6) is -4.37. The van der Waals surface area contributed by atoms with Gasteiger partial charge < -0.3 is 4.74 Å². The van der Waals surface area contributed by atoms with Gasteiger partial charge in [0.1, 0.15) is 13.2 Å². The van der Waals surface area contributed by atoms with Crippen LogP contribution in [0.15, 0.2) is 24.3 Å². The van der Waals surface area contributed by atoms with Crippen LogP contribution in [0, 0.1) is 0 Å². The zero-order valence-corrected chi connectivity index (χ0v) is 11.3. The van der Waals surface area contributed by atoms with Gasteiger partial charge in [-0.3, -0.25) is 4.79 Å². The van der Waals surface area contributed by atoms with E-state index in [0.717, 1.165) is 24.8 Å². The standard InChI is InChI=1S/C15H16F4O2/c16-14(17)15(18,19)9-21-8-13(20)12-7-2-1-6-11(12)10-4-3-5-10/h1-2,6-7,10,14H,3-5,8-9H2. The number of ether oxygens (including phenoxy) is 1. The van der Waals surface area contributed by atoms with Crippen LogP contribution in [0.2, 0.25) is 0 Å². The van der Waals surface area contributed by atoms with Gasteiger partial charge in [-0.25, -0.2) is 8.78 Å². The fourth-order valence-electron chi connectivity index (χ4n) is 2.25. The van der Waals surface area contributed by atoms with Gasteiger partial charge in [0, 0.05) is 5.56 Å². The Morgan fingerprint density at radius 3 is 2.52 bits per heavy atom. The summed E-state index contributed by atoms with van der Waals surface area (Å²) in [6, 6.07) is 6.95. The molecule has 21 heavy (non-hydrogen) atoms. The third-order valence-corrected chi connectivity index (χ3v) is 3.65. The summed E-state index contributed by atoms with van der Waals surface area (Å²) >= 11 is 0. The Balaban J connectivity index is 1.95. The Kier molecular flexibility index (Phi) is 4.98. The predicted molar refractivity (Wildman–Crippen MR) is 69.1 cm³/mol. The molecule has 0 radical (unpaired) electrons. The lowest BCUT2D eigenvalue weighted by atomic mass is 9.77. The highest BCUT2D eigenvalue weighted by atomic mass is 19.3. The molecule has 0 N–H and O–H groups in total. The molecule has 1 saturated carbocycles. The summed E-state index contributed by atoms with van der Waals surface area (Å²) in [6.07, 6.45) is -0.706. The van der Waals surface area contributed by atoms with Gasteiger partial charge in [0.05, 0.1) is 0 Å². The van der Waals surface area contributed by atoms with Crippen molar-refractivity contribution in [3.63, 3.8) is 0 Å². The summed E-state index contributed by atoms with van der Waals surface area (Å²) in [5.41, 5.74) is 1.32. The normalized spacial score (nSPS) is 16.0. The molecule has 1 aliphatic carbocycles. The van der Waals surface area contributed by atoms with Crippen LogP contribution in [0.5, 0.6) is 0 Å². The second kappa shape index (κ2) is 6.56. The van der Waals surface area contributed by atoms with Crippen LogP contribution in [0.25, 0.3) is 0 Å². The van der Waals surface area contributed by atoms with E-state index in [0.29, 0.717) is 11.5 Å². The molecule has 1 aromatic carbocycles. The van der Waals surface area contributed by atoms with Crippen molar-refractivity contribution < 1.29 is 27.1 Å². The monoisotopic (exact) mass is 304 g/mol. The molecule has 0 unspecified atom stereocenters. The van der Waals surface area contributed by atoms with Gasteiger partial charge in [-0.2, -0.15) is 8.78 Å². The number of hydrogen-bond acceptors (Lipinski definition) is 2. The number of benzene rings is 1. The van der Waals surface area contributed by atoms with Crippen LogP contribution in [0.3, 0.4) is 0 Å². The number of carbonyl (C=O) groups excluding carboxylic acids is 1. The van der Waals surface area contributed by atoms with Gasteiger partial charge in [-0.05, 0) is 24.3 Å². The van der Waals surface area contributed by atoms with Gasteiger partial charge in [0.25, 0.3) is 0 Å². The molecule has 0 aromatic heterocycles. The Bertz CT molecular complexity index is 498. The first kappa shape index (κ1) is 15.9. The molecule has 2 nitrogen and oxygen atoms in total. The van der Waals surface area contributed by atoms with E-state index in [1.807, 2.05) is 12.1 Å². The first-order valence-electron chi connectivity index (χ1n) is 6.77. The highest BCUT2D eigenvalue weighted by molar-refractivity contribution is 5.98. The minimum absolute atomic E-state index is 0.313. The van der Waals surface area contributed by atoms with Gasteiger partial charge in [0.15, 0.2) is 5.78 Å². The molecule has 0 bridgehead atoms. The minimum atomic E-state index is -4.23. The van der Waals surface area contributed by atoms with Crippen molar-refractivity contribution in [2.75, 3.05) is 13.2 Å². The van der Waals surface area contributed by atoms with Crippen LogP contribution in [0.1, 0.15) is 41.1 Å². The third-order valence-electron chi connectivity index (χ3n) is 3.65. The van der Waals surface area contributed by atoms with E-state index in [4.69, 9.17) is 0 Å². The molecule has 0 spiro atoms. The van der Waals surface area contributed by atoms with Crippen LogP contribution in [-0.4, -0.2) is 31.3 Å². The smallest absolute Gasteiger partial charge is 0.330 e. The van der Waals surface area contributed by atoms with Gasteiger partial charge in [-0.15, -0.1) is 0 Å². The van der Waals surface area contributed by atoms with Crippen molar-refractivity contribution in [2.24, 2.45) is 0 Å². The Hall–Kier alpha value is -1.43. The summed E-state index contributed by atoms with van der Waals surface area (Å²) in [7, 11) is 0. The molecule has 0 atom stereocenters. The first-order valence-corrected chi connectivity index (χ1v) is 6.77. The lowest BCUT2D eigenvalue weighted by Gasteiger charge is -2.27. The fraction of sp³-hybridized carbons (Fsp3) is 0.533. The number of ketones is 1. The van der Waals surface area contributed by atoms with E-state index >= 15 is 0 Å². The molecular weight excluding hydrogens is 288 g/mol. The summed E-state index contributed by atoms with van der Waals surface area (Å²) in [4.78, 5) is 12.0. The quantitative estimate of drug-likeness (QED) is 0.561. The van der Waals surface area contributed by atoms with E-state index in [1.54, 1.807) is 12.1 Å². The third kappa shape index (κ3) is 3.81. The summed E-state index contributed by atoms with van der Waals surface area (Å²) in [6.45, 7) is -2.08. The van der Waals surface area contributed by atoms with Crippen molar-refractivity contribution in [3.05, 3.63) is 35.4 Å². The Morgan fingerprint density at radius 1 is 1.29 bits per heavy atom. The second-order valence-corrected chi connectivity index (χ2v) is 5.19. The maximum absolute atomic E-state index is 12.7. The van der Waals surface area contributed by atoms with Gasteiger partial charge in [-0.1, -0.05) is 30.7 Å². The molecule has 0 saturated heterocycles. The van der Waals surface area contributed by atoms with E-state index in [-0.39, 0.29) is 0 Å². The van der Waals surface area contributed by atoms with E-state index in [1.165, 1.54) is 0 Å². The molecule has 6 heteroatoms. The number of halogens is 4. The number of carbonyl (C=O) groups is 1.